The molecule has 19 heavy (non-hydrogen) atoms. The molecule has 0 spiro atoms. The SMILES string of the molecule is CC1CCCC(CCNc2cncc(C(=O)O)n2)C1. The van der Waals surface area contributed by atoms with Crippen LogP contribution in [0.5, 0.6) is 0 Å². The van der Waals surface area contributed by atoms with Crippen LogP contribution in [0.25, 0.3) is 0 Å². The molecular formula is C14H21N3O2. The maximum Gasteiger partial charge on any atom is 0.356 e. The highest BCUT2D eigenvalue weighted by atomic mass is 16.4. The molecule has 1 aromatic heterocycles. The number of rotatable bonds is 5. The van der Waals surface area contributed by atoms with Gasteiger partial charge in [-0.15, -0.1) is 0 Å². The van der Waals surface area contributed by atoms with E-state index in [0.29, 0.717) is 5.82 Å². The zero-order chi connectivity index (χ0) is 13.7. The van der Waals surface area contributed by atoms with Crippen molar-refractivity contribution in [1.82, 2.24) is 9.97 Å². The summed E-state index contributed by atoms with van der Waals surface area (Å²) in [6, 6.07) is 0. The number of carboxylic acid groups (broad SMARTS) is 1. The summed E-state index contributed by atoms with van der Waals surface area (Å²) in [4.78, 5) is 18.7. The first-order valence-corrected chi connectivity index (χ1v) is 6.94. The van der Waals surface area contributed by atoms with Gasteiger partial charge in [-0.25, -0.2) is 9.78 Å². The Labute approximate surface area is 113 Å². The highest BCUT2D eigenvalue weighted by molar-refractivity contribution is 5.85. The predicted octanol–water partition coefficient (Wildman–Crippen LogP) is 2.80. The maximum absolute atomic E-state index is 10.8. The lowest BCUT2D eigenvalue weighted by atomic mass is 9.81. The van der Waals surface area contributed by atoms with E-state index >= 15 is 0 Å². The second-order valence-electron chi connectivity index (χ2n) is 5.45. The van der Waals surface area contributed by atoms with Crippen LogP contribution < -0.4 is 5.32 Å². The Morgan fingerprint density at radius 3 is 3.05 bits per heavy atom. The highest BCUT2D eigenvalue weighted by Gasteiger charge is 2.18. The van der Waals surface area contributed by atoms with Crippen molar-refractivity contribution >= 4 is 11.8 Å². The van der Waals surface area contributed by atoms with Crippen LogP contribution in [0.1, 0.15) is 49.5 Å². The molecular weight excluding hydrogens is 242 g/mol. The van der Waals surface area contributed by atoms with Gasteiger partial charge in [0.2, 0.25) is 0 Å². The van der Waals surface area contributed by atoms with E-state index < -0.39 is 5.97 Å². The molecule has 0 radical (unpaired) electrons. The zero-order valence-corrected chi connectivity index (χ0v) is 11.3. The molecule has 0 amide bonds. The number of carbonyl (C=O) groups is 1. The van der Waals surface area contributed by atoms with Crippen LogP contribution in [-0.4, -0.2) is 27.6 Å². The van der Waals surface area contributed by atoms with Crippen LogP contribution in [0, 0.1) is 11.8 Å². The average Bonchev–Trinajstić information content (AvgIpc) is 2.39. The van der Waals surface area contributed by atoms with Gasteiger partial charge in [-0.2, -0.15) is 0 Å². The molecule has 0 aromatic carbocycles. The fraction of sp³-hybridized carbons (Fsp3) is 0.643. The lowest BCUT2D eigenvalue weighted by Crippen LogP contribution is -2.17. The Morgan fingerprint density at radius 2 is 2.32 bits per heavy atom. The Morgan fingerprint density at radius 1 is 1.47 bits per heavy atom. The van der Waals surface area contributed by atoms with Crippen LogP contribution in [0.4, 0.5) is 5.82 Å². The molecule has 5 nitrogen and oxygen atoms in total. The number of anilines is 1. The number of aromatic carboxylic acids is 1. The van der Waals surface area contributed by atoms with Gasteiger partial charge < -0.3 is 10.4 Å². The van der Waals surface area contributed by atoms with Crippen LogP contribution in [0.3, 0.4) is 0 Å². The Bertz CT molecular complexity index is 436. The van der Waals surface area contributed by atoms with Gasteiger partial charge in [0.15, 0.2) is 5.69 Å². The lowest BCUT2D eigenvalue weighted by Gasteiger charge is -2.26. The van der Waals surface area contributed by atoms with Crippen LogP contribution in [0.15, 0.2) is 12.4 Å². The molecule has 1 aliphatic carbocycles. The topological polar surface area (TPSA) is 75.1 Å². The minimum Gasteiger partial charge on any atom is -0.476 e. The lowest BCUT2D eigenvalue weighted by molar-refractivity contribution is 0.0690. The summed E-state index contributed by atoms with van der Waals surface area (Å²) < 4.78 is 0. The quantitative estimate of drug-likeness (QED) is 0.854. The Kier molecular flexibility index (Phi) is 4.71. The largest absolute Gasteiger partial charge is 0.476 e. The van der Waals surface area contributed by atoms with Crippen molar-refractivity contribution in [1.29, 1.82) is 0 Å². The smallest absolute Gasteiger partial charge is 0.356 e. The molecule has 2 N–H and O–H groups in total. The standard InChI is InChI=1S/C14H21N3O2/c1-10-3-2-4-11(7-10)5-6-16-13-9-15-8-12(17-13)14(18)19/h8-11H,2-7H2,1H3,(H,16,17)(H,18,19). The molecule has 1 fully saturated rings. The fourth-order valence-corrected chi connectivity index (χ4v) is 2.78. The first-order chi connectivity index (χ1) is 9.15. The van der Waals surface area contributed by atoms with Gasteiger partial charge in [0.05, 0.1) is 12.4 Å². The summed E-state index contributed by atoms with van der Waals surface area (Å²) in [5.41, 5.74) is -0.0173. The summed E-state index contributed by atoms with van der Waals surface area (Å²) in [5, 5.41) is 12.0. The van der Waals surface area contributed by atoms with E-state index in [-0.39, 0.29) is 5.69 Å². The summed E-state index contributed by atoms with van der Waals surface area (Å²) in [5.74, 6) is 1.13. The monoisotopic (exact) mass is 263 g/mol. The number of carboxylic acids is 1. The van der Waals surface area contributed by atoms with Gasteiger partial charge in [0, 0.05) is 6.54 Å². The zero-order valence-electron chi connectivity index (χ0n) is 11.3. The molecule has 1 heterocycles. The Balaban J connectivity index is 1.79. The minimum atomic E-state index is -1.04. The van der Waals surface area contributed by atoms with Gasteiger partial charge >= 0.3 is 5.97 Å². The minimum absolute atomic E-state index is 0.0173. The first kappa shape index (κ1) is 13.8. The molecule has 2 rings (SSSR count). The Hall–Kier alpha value is -1.65. The van der Waals surface area contributed by atoms with Crippen LogP contribution in [0.2, 0.25) is 0 Å². The normalized spacial score (nSPS) is 23.0. The van der Waals surface area contributed by atoms with Gasteiger partial charge in [-0.3, -0.25) is 4.98 Å². The van der Waals surface area contributed by atoms with E-state index in [2.05, 4.69) is 22.2 Å². The van der Waals surface area contributed by atoms with E-state index in [1.165, 1.54) is 31.9 Å². The third-order valence-corrected chi connectivity index (χ3v) is 3.76. The van der Waals surface area contributed by atoms with Gasteiger partial charge in [-0.05, 0) is 24.7 Å². The molecule has 104 valence electrons. The highest BCUT2D eigenvalue weighted by Crippen LogP contribution is 2.30. The van der Waals surface area contributed by atoms with E-state index in [4.69, 9.17) is 5.11 Å². The molecule has 1 saturated carbocycles. The van der Waals surface area contributed by atoms with Crippen LogP contribution in [-0.2, 0) is 0 Å². The molecule has 5 heteroatoms. The first-order valence-electron chi connectivity index (χ1n) is 6.94. The molecule has 2 atom stereocenters. The summed E-state index contributed by atoms with van der Waals surface area (Å²) in [7, 11) is 0. The molecule has 0 saturated heterocycles. The van der Waals surface area contributed by atoms with Crippen molar-refractivity contribution in [2.45, 2.75) is 39.0 Å². The summed E-state index contributed by atoms with van der Waals surface area (Å²) in [6.45, 7) is 3.15. The van der Waals surface area contributed by atoms with Crippen molar-refractivity contribution in [3.8, 4) is 0 Å². The second kappa shape index (κ2) is 6.50. The summed E-state index contributed by atoms with van der Waals surface area (Å²) >= 11 is 0. The van der Waals surface area contributed by atoms with Crippen molar-refractivity contribution in [3.05, 3.63) is 18.1 Å². The third-order valence-electron chi connectivity index (χ3n) is 3.76. The second-order valence-corrected chi connectivity index (χ2v) is 5.45. The van der Waals surface area contributed by atoms with Gasteiger partial charge in [-0.1, -0.05) is 26.2 Å². The molecule has 1 aliphatic rings. The molecule has 0 aliphatic heterocycles. The van der Waals surface area contributed by atoms with Crippen molar-refractivity contribution in [2.75, 3.05) is 11.9 Å². The predicted molar refractivity (Wildman–Crippen MR) is 73.2 cm³/mol. The third kappa shape index (κ3) is 4.19. The van der Waals surface area contributed by atoms with E-state index in [9.17, 15) is 4.79 Å². The molecule has 1 aromatic rings. The van der Waals surface area contributed by atoms with E-state index in [1.54, 1.807) is 6.20 Å². The molecule has 0 bridgehead atoms. The van der Waals surface area contributed by atoms with Crippen LogP contribution >= 0.6 is 0 Å². The fourth-order valence-electron chi connectivity index (χ4n) is 2.78. The molecule has 2 unspecified atom stereocenters. The number of nitrogens with one attached hydrogen (secondary N) is 1. The number of hydrogen-bond donors (Lipinski definition) is 2. The van der Waals surface area contributed by atoms with Gasteiger partial charge in [0.25, 0.3) is 0 Å². The number of hydrogen-bond acceptors (Lipinski definition) is 4. The maximum atomic E-state index is 10.8. The van der Waals surface area contributed by atoms with E-state index in [1.807, 2.05) is 0 Å². The van der Waals surface area contributed by atoms with Crippen molar-refractivity contribution in [3.63, 3.8) is 0 Å². The summed E-state index contributed by atoms with van der Waals surface area (Å²) in [6.07, 6.45) is 9.25. The van der Waals surface area contributed by atoms with Crippen molar-refractivity contribution in [2.24, 2.45) is 11.8 Å². The van der Waals surface area contributed by atoms with Gasteiger partial charge in [0.1, 0.15) is 5.82 Å². The number of nitrogens with zero attached hydrogens (tertiary/aromatic N) is 2. The average molecular weight is 263 g/mol. The van der Waals surface area contributed by atoms with E-state index in [0.717, 1.165) is 24.8 Å². The number of aromatic nitrogens is 2. The van der Waals surface area contributed by atoms with Crippen molar-refractivity contribution < 1.29 is 9.90 Å².